The van der Waals surface area contributed by atoms with E-state index in [1.807, 2.05) is 30.3 Å². The maximum Gasteiger partial charge on any atom is 0.305 e. The SMILES string of the molecule is CCCC1(OC(C)=O)OCCc2c1[nH]c1cccc(-c3cccc(Cl)c3)c21. The first kappa shape index (κ1) is 18.1. The predicted molar refractivity (Wildman–Crippen MR) is 107 cm³/mol. The van der Waals surface area contributed by atoms with Gasteiger partial charge >= 0.3 is 5.97 Å². The van der Waals surface area contributed by atoms with Gasteiger partial charge in [0.05, 0.1) is 12.3 Å². The summed E-state index contributed by atoms with van der Waals surface area (Å²) < 4.78 is 11.8. The number of H-pyrrole nitrogens is 1. The molecule has 0 saturated heterocycles. The minimum atomic E-state index is -1.04. The van der Waals surface area contributed by atoms with Gasteiger partial charge in [-0.05, 0) is 47.7 Å². The van der Waals surface area contributed by atoms with Crippen LogP contribution in [-0.2, 0) is 26.5 Å². The van der Waals surface area contributed by atoms with Crippen molar-refractivity contribution in [2.45, 2.75) is 38.9 Å². The molecule has 5 heteroatoms. The fourth-order valence-electron chi connectivity index (χ4n) is 4.07. The highest BCUT2D eigenvalue weighted by Gasteiger charge is 2.43. The molecule has 2 heterocycles. The number of hydrogen-bond acceptors (Lipinski definition) is 3. The van der Waals surface area contributed by atoms with E-state index in [1.165, 1.54) is 6.92 Å². The third-order valence-electron chi connectivity index (χ3n) is 5.02. The molecule has 0 amide bonds. The number of fused-ring (bicyclic) bond motifs is 3. The topological polar surface area (TPSA) is 51.3 Å². The van der Waals surface area contributed by atoms with Crippen LogP contribution in [0.3, 0.4) is 0 Å². The number of esters is 1. The molecule has 1 atom stereocenters. The van der Waals surface area contributed by atoms with Crippen molar-refractivity contribution in [1.29, 1.82) is 0 Å². The Kier molecular flexibility index (Phi) is 4.70. The van der Waals surface area contributed by atoms with Gasteiger partial charge in [0.2, 0.25) is 0 Å². The first-order valence-corrected chi connectivity index (χ1v) is 9.65. The fraction of sp³-hybridized carbons (Fsp3) is 0.318. The number of carbonyl (C=O) groups is 1. The Balaban J connectivity index is 1.96. The van der Waals surface area contributed by atoms with Gasteiger partial charge in [0.1, 0.15) is 0 Å². The Labute approximate surface area is 163 Å². The fourth-order valence-corrected chi connectivity index (χ4v) is 4.26. The second-order valence-corrected chi connectivity index (χ2v) is 7.35. The Morgan fingerprint density at radius 2 is 2.11 bits per heavy atom. The highest BCUT2D eigenvalue weighted by molar-refractivity contribution is 6.30. The smallest absolute Gasteiger partial charge is 0.305 e. The number of rotatable bonds is 4. The molecule has 0 aliphatic carbocycles. The Bertz CT molecular complexity index is 1010. The number of aromatic amines is 1. The Morgan fingerprint density at radius 3 is 2.85 bits per heavy atom. The molecule has 0 fully saturated rings. The van der Waals surface area contributed by atoms with Gasteiger partial charge in [-0.1, -0.05) is 42.8 Å². The second-order valence-electron chi connectivity index (χ2n) is 6.91. The monoisotopic (exact) mass is 383 g/mol. The number of ether oxygens (including phenoxy) is 2. The van der Waals surface area contributed by atoms with Gasteiger partial charge in [-0.2, -0.15) is 0 Å². The number of carbonyl (C=O) groups excluding carboxylic acids is 1. The summed E-state index contributed by atoms with van der Waals surface area (Å²) in [4.78, 5) is 15.3. The molecule has 2 aromatic carbocycles. The van der Waals surface area contributed by atoms with Crippen molar-refractivity contribution in [1.82, 2.24) is 4.98 Å². The molecule has 140 valence electrons. The lowest BCUT2D eigenvalue weighted by atomic mass is 9.93. The first-order chi connectivity index (χ1) is 13.0. The average Bonchev–Trinajstić information content (AvgIpc) is 3.02. The highest BCUT2D eigenvalue weighted by Crippen LogP contribution is 2.43. The van der Waals surface area contributed by atoms with E-state index in [0.29, 0.717) is 18.1 Å². The molecule has 0 spiro atoms. The lowest BCUT2D eigenvalue weighted by Gasteiger charge is -2.36. The van der Waals surface area contributed by atoms with Crippen LogP contribution in [0.25, 0.3) is 22.0 Å². The van der Waals surface area contributed by atoms with Gasteiger partial charge < -0.3 is 14.5 Å². The van der Waals surface area contributed by atoms with Crippen molar-refractivity contribution in [2.24, 2.45) is 0 Å². The maximum absolute atomic E-state index is 11.8. The average molecular weight is 384 g/mol. The van der Waals surface area contributed by atoms with E-state index in [0.717, 1.165) is 46.1 Å². The normalized spacial score (nSPS) is 19.1. The molecule has 0 saturated carbocycles. The van der Waals surface area contributed by atoms with Crippen LogP contribution in [0.1, 0.15) is 37.9 Å². The molecular weight excluding hydrogens is 362 g/mol. The summed E-state index contributed by atoms with van der Waals surface area (Å²) in [6, 6.07) is 14.0. The number of hydrogen-bond donors (Lipinski definition) is 1. The standard InChI is InChI=1S/C22H22ClNO3/c1-3-11-22(27-14(2)25)21-18(10-12-26-22)20-17(8-5-9-19(20)24-21)15-6-4-7-16(23)13-15/h4-9,13,24H,3,10-12H2,1-2H3. The zero-order valence-electron chi connectivity index (χ0n) is 15.5. The first-order valence-electron chi connectivity index (χ1n) is 9.27. The minimum Gasteiger partial charge on any atom is -0.427 e. The molecule has 0 radical (unpaired) electrons. The number of halogens is 1. The van der Waals surface area contributed by atoms with Gasteiger partial charge in [0, 0.05) is 29.3 Å². The van der Waals surface area contributed by atoms with Gasteiger partial charge in [-0.25, -0.2) is 0 Å². The number of nitrogens with one attached hydrogen (secondary N) is 1. The lowest BCUT2D eigenvalue weighted by molar-refractivity contribution is -0.247. The van der Waals surface area contributed by atoms with Crippen molar-refractivity contribution in [2.75, 3.05) is 6.61 Å². The van der Waals surface area contributed by atoms with Crippen LogP contribution >= 0.6 is 11.6 Å². The Hall–Kier alpha value is -2.30. The van der Waals surface area contributed by atoms with E-state index >= 15 is 0 Å². The second kappa shape index (κ2) is 7.02. The van der Waals surface area contributed by atoms with Crippen LogP contribution in [-0.4, -0.2) is 17.6 Å². The quantitative estimate of drug-likeness (QED) is 0.598. The van der Waals surface area contributed by atoms with E-state index in [2.05, 4.69) is 24.0 Å². The van der Waals surface area contributed by atoms with E-state index in [1.54, 1.807) is 0 Å². The van der Waals surface area contributed by atoms with Crippen LogP contribution in [0.4, 0.5) is 0 Å². The molecule has 27 heavy (non-hydrogen) atoms. The van der Waals surface area contributed by atoms with E-state index in [4.69, 9.17) is 21.1 Å². The van der Waals surface area contributed by atoms with Crippen molar-refractivity contribution in [3.8, 4) is 11.1 Å². The van der Waals surface area contributed by atoms with Crippen molar-refractivity contribution in [3.05, 3.63) is 58.7 Å². The molecular formula is C22H22ClNO3. The summed E-state index contributed by atoms with van der Waals surface area (Å²) >= 11 is 6.22. The van der Waals surface area contributed by atoms with E-state index in [-0.39, 0.29) is 5.97 Å². The Morgan fingerprint density at radius 1 is 1.30 bits per heavy atom. The molecule has 1 aliphatic heterocycles. The molecule has 4 nitrogen and oxygen atoms in total. The predicted octanol–water partition coefficient (Wildman–Crippen LogP) is 5.58. The molecule has 1 N–H and O–H groups in total. The summed E-state index contributed by atoms with van der Waals surface area (Å²) in [5, 5.41) is 1.85. The van der Waals surface area contributed by atoms with Gasteiger partial charge in [-0.3, -0.25) is 4.79 Å². The van der Waals surface area contributed by atoms with E-state index in [9.17, 15) is 4.79 Å². The van der Waals surface area contributed by atoms with Crippen LogP contribution in [0.15, 0.2) is 42.5 Å². The van der Waals surface area contributed by atoms with Crippen LogP contribution in [0, 0.1) is 0 Å². The molecule has 1 aromatic heterocycles. The van der Waals surface area contributed by atoms with Crippen molar-refractivity contribution >= 4 is 28.5 Å². The molecule has 3 aromatic rings. The number of benzene rings is 2. The lowest BCUT2D eigenvalue weighted by Crippen LogP contribution is -2.39. The summed E-state index contributed by atoms with van der Waals surface area (Å²) in [5.41, 5.74) is 5.20. The maximum atomic E-state index is 11.8. The van der Waals surface area contributed by atoms with Gasteiger partial charge in [0.15, 0.2) is 0 Å². The number of aromatic nitrogens is 1. The van der Waals surface area contributed by atoms with Crippen LogP contribution in [0.2, 0.25) is 5.02 Å². The van der Waals surface area contributed by atoms with Crippen LogP contribution in [0.5, 0.6) is 0 Å². The zero-order valence-corrected chi connectivity index (χ0v) is 16.2. The molecule has 1 aliphatic rings. The molecule has 1 unspecified atom stereocenters. The van der Waals surface area contributed by atoms with Gasteiger partial charge in [-0.15, -0.1) is 0 Å². The zero-order chi connectivity index (χ0) is 19.0. The van der Waals surface area contributed by atoms with E-state index < -0.39 is 5.79 Å². The summed E-state index contributed by atoms with van der Waals surface area (Å²) in [6.45, 7) is 4.00. The summed E-state index contributed by atoms with van der Waals surface area (Å²) in [6.07, 6.45) is 2.21. The van der Waals surface area contributed by atoms with Crippen molar-refractivity contribution < 1.29 is 14.3 Å². The summed E-state index contributed by atoms with van der Waals surface area (Å²) in [5.74, 6) is -1.39. The minimum absolute atomic E-state index is 0.343. The largest absolute Gasteiger partial charge is 0.427 e. The van der Waals surface area contributed by atoms with Crippen LogP contribution < -0.4 is 0 Å². The highest BCUT2D eigenvalue weighted by atomic mass is 35.5. The third-order valence-corrected chi connectivity index (χ3v) is 5.25. The molecule has 4 rings (SSSR count). The third kappa shape index (κ3) is 3.13. The van der Waals surface area contributed by atoms with Crippen molar-refractivity contribution in [3.63, 3.8) is 0 Å². The summed E-state index contributed by atoms with van der Waals surface area (Å²) in [7, 11) is 0. The van der Waals surface area contributed by atoms with Gasteiger partial charge in [0.25, 0.3) is 5.79 Å². The molecule has 0 bridgehead atoms.